The summed E-state index contributed by atoms with van der Waals surface area (Å²) in [5.74, 6) is 0. The Hall–Kier alpha value is -1.39. The van der Waals surface area contributed by atoms with Gasteiger partial charge in [-0.2, -0.15) is 0 Å². The molecule has 0 saturated carbocycles. The van der Waals surface area contributed by atoms with Gasteiger partial charge in [0.15, 0.2) is 0 Å². The second kappa shape index (κ2) is 6.37. The largest absolute Gasteiger partial charge is 0.369 e. The van der Waals surface area contributed by atoms with Gasteiger partial charge in [0, 0.05) is 23.7 Å². The molecule has 1 atom stereocenters. The van der Waals surface area contributed by atoms with E-state index in [2.05, 4.69) is 55.9 Å². The van der Waals surface area contributed by atoms with E-state index in [0.717, 1.165) is 18.7 Å². The maximum absolute atomic E-state index is 5.98. The fraction of sp³-hybridized carbons (Fsp3) is 0.438. The van der Waals surface area contributed by atoms with Crippen molar-refractivity contribution in [2.24, 2.45) is 5.73 Å². The van der Waals surface area contributed by atoms with Crippen LogP contribution in [0.2, 0.25) is 0 Å². The van der Waals surface area contributed by atoms with Crippen molar-refractivity contribution in [1.29, 1.82) is 0 Å². The van der Waals surface area contributed by atoms with E-state index in [-0.39, 0.29) is 6.04 Å². The molecule has 1 aromatic heterocycles. The van der Waals surface area contributed by atoms with Crippen LogP contribution in [0.5, 0.6) is 0 Å². The Labute approximate surface area is 125 Å². The Morgan fingerprint density at radius 2 is 2.10 bits per heavy atom. The normalized spacial score (nSPS) is 12.4. The molecule has 0 aliphatic rings. The van der Waals surface area contributed by atoms with Gasteiger partial charge in [-0.25, -0.2) is 4.98 Å². The number of aromatic nitrogens is 1. The highest BCUT2D eigenvalue weighted by molar-refractivity contribution is 7.09. The fourth-order valence-electron chi connectivity index (χ4n) is 2.38. The zero-order chi connectivity index (χ0) is 14.7. The molecule has 1 heterocycles. The second-order valence-corrected chi connectivity index (χ2v) is 6.47. The zero-order valence-corrected chi connectivity index (χ0v) is 13.5. The molecule has 0 fully saturated rings. The Bertz CT molecular complexity index is 575. The molecular weight excluding hydrogens is 266 g/mol. The third kappa shape index (κ3) is 3.58. The number of hydrogen-bond donors (Lipinski definition) is 1. The highest BCUT2D eigenvalue weighted by atomic mass is 32.1. The molecule has 0 aliphatic carbocycles. The Morgan fingerprint density at radius 3 is 2.70 bits per heavy atom. The molecule has 20 heavy (non-hydrogen) atoms. The van der Waals surface area contributed by atoms with E-state index in [0.29, 0.717) is 0 Å². The lowest BCUT2D eigenvalue weighted by Crippen LogP contribution is -2.22. The maximum atomic E-state index is 5.98. The number of thiazole rings is 1. The summed E-state index contributed by atoms with van der Waals surface area (Å²) in [6, 6.07) is 6.78. The van der Waals surface area contributed by atoms with E-state index in [1.165, 1.54) is 21.7 Å². The van der Waals surface area contributed by atoms with Crippen LogP contribution in [0.25, 0.3) is 0 Å². The average Bonchev–Trinajstić information content (AvgIpc) is 2.74. The van der Waals surface area contributed by atoms with Crippen molar-refractivity contribution < 1.29 is 0 Å². The first kappa shape index (κ1) is 15.0. The number of rotatable bonds is 5. The maximum Gasteiger partial charge on any atom is 0.0798 e. The summed E-state index contributed by atoms with van der Waals surface area (Å²) in [5, 5.41) is 0. The van der Waals surface area contributed by atoms with Crippen LogP contribution >= 0.6 is 11.3 Å². The molecule has 1 unspecified atom stereocenters. The number of aryl methyl sites for hydroxylation is 2. The van der Waals surface area contributed by atoms with Gasteiger partial charge in [-0.3, -0.25) is 0 Å². The summed E-state index contributed by atoms with van der Waals surface area (Å²) in [7, 11) is 2.13. The third-order valence-electron chi connectivity index (χ3n) is 3.41. The number of nitrogens with two attached hydrogens (primary N) is 1. The molecule has 4 heteroatoms. The molecule has 0 amide bonds. The van der Waals surface area contributed by atoms with Crippen molar-refractivity contribution in [1.82, 2.24) is 4.98 Å². The number of benzene rings is 1. The third-order valence-corrected chi connectivity index (χ3v) is 4.33. The number of hydrogen-bond acceptors (Lipinski definition) is 4. The van der Waals surface area contributed by atoms with Gasteiger partial charge in [0.25, 0.3) is 0 Å². The monoisotopic (exact) mass is 289 g/mol. The van der Waals surface area contributed by atoms with Crippen molar-refractivity contribution in [3.63, 3.8) is 0 Å². The summed E-state index contributed by atoms with van der Waals surface area (Å²) < 4.78 is 0. The van der Waals surface area contributed by atoms with Crippen molar-refractivity contribution in [2.75, 3.05) is 11.9 Å². The highest BCUT2D eigenvalue weighted by Gasteiger charge is 2.12. The van der Waals surface area contributed by atoms with Gasteiger partial charge in [-0.1, -0.05) is 17.7 Å². The number of anilines is 1. The SMILES string of the molecule is Cc1ccc(N(C)Cc2scnc2C)c(CC(C)N)c1. The van der Waals surface area contributed by atoms with E-state index < -0.39 is 0 Å². The first-order valence-electron chi connectivity index (χ1n) is 6.92. The molecule has 0 radical (unpaired) electrons. The lowest BCUT2D eigenvalue weighted by molar-refractivity contribution is 0.734. The number of nitrogens with zero attached hydrogens (tertiary/aromatic N) is 2. The minimum absolute atomic E-state index is 0.175. The van der Waals surface area contributed by atoms with Gasteiger partial charge in [-0.05, 0) is 38.8 Å². The smallest absolute Gasteiger partial charge is 0.0798 e. The molecule has 108 valence electrons. The predicted molar refractivity (Wildman–Crippen MR) is 87.5 cm³/mol. The van der Waals surface area contributed by atoms with Gasteiger partial charge in [0.05, 0.1) is 17.7 Å². The van der Waals surface area contributed by atoms with Gasteiger partial charge in [0.1, 0.15) is 0 Å². The first-order valence-corrected chi connectivity index (χ1v) is 7.80. The van der Waals surface area contributed by atoms with E-state index in [4.69, 9.17) is 5.73 Å². The fourth-order valence-corrected chi connectivity index (χ4v) is 3.21. The van der Waals surface area contributed by atoms with E-state index in [1.807, 2.05) is 5.51 Å². The molecule has 2 rings (SSSR count). The van der Waals surface area contributed by atoms with Crippen molar-refractivity contribution >= 4 is 17.0 Å². The Kier molecular flexibility index (Phi) is 4.78. The summed E-state index contributed by atoms with van der Waals surface area (Å²) in [6.45, 7) is 7.14. The van der Waals surface area contributed by atoms with E-state index in [9.17, 15) is 0 Å². The van der Waals surface area contributed by atoms with Crippen LogP contribution in [0, 0.1) is 13.8 Å². The molecule has 0 saturated heterocycles. The summed E-state index contributed by atoms with van der Waals surface area (Å²) >= 11 is 1.72. The second-order valence-electron chi connectivity index (χ2n) is 5.53. The van der Waals surface area contributed by atoms with Crippen LogP contribution in [0.4, 0.5) is 5.69 Å². The summed E-state index contributed by atoms with van der Waals surface area (Å²) in [5.41, 5.74) is 12.9. The first-order chi connectivity index (χ1) is 9.47. The lowest BCUT2D eigenvalue weighted by Gasteiger charge is -2.23. The molecule has 2 N–H and O–H groups in total. The average molecular weight is 289 g/mol. The van der Waals surface area contributed by atoms with Crippen LogP contribution in [0.15, 0.2) is 23.7 Å². The van der Waals surface area contributed by atoms with E-state index in [1.54, 1.807) is 11.3 Å². The quantitative estimate of drug-likeness (QED) is 0.918. The van der Waals surface area contributed by atoms with Crippen LogP contribution in [-0.2, 0) is 13.0 Å². The van der Waals surface area contributed by atoms with E-state index >= 15 is 0 Å². The molecule has 0 spiro atoms. The van der Waals surface area contributed by atoms with Crippen LogP contribution in [0.3, 0.4) is 0 Å². The molecule has 3 nitrogen and oxygen atoms in total. The lowest BCUT2D eigenvalue weighted by atomic mass is 10.0. The Balaban J connectivity index is 2.24. The van der Waals surface area contributed by atoms with Crippen LogP contribution in [-0.4, -0.2) is 18.1 Å². The molecule has 2 aromatic rings. The predicted octanol–water partition coefficient (Wildman–Crippen LogP) is 3.29. The molecular formula is C16H23N3S. The summed E-state index contributed by atoms with van der Waals surface area (Å²) in [4.78, 5) is 7.93. The highest BCUT2D eigenvalue weighted by Crippen LogP contribution is 2.25. The molecule has 0 bridgehead atoms. The Morgan fingerprint density at radius 1 is 1.35 bits per heavy atom. The van der Waals surface area contributed by atoms with Gasteiger partial charge in [0.2, 0.25) is 0 Å². The van der Waals surface area contributed by atoms with Crippen LogP contribution in [0.1, 0.15) is 28.6 Å². The summed E-state index contributed by atoms with van der Waals surface area (Å²) in [6.07, 6.45) is 0.906. The van der Waals surface area contributed by atoms with Crippen molar-refractivity contribution in [3.8, 4) is 0 Å². The standard InChI is InChI=1S/C16H23N3S/c1-11-5-6-15(14(7-11)8-12(2)17)19(4)9-16-13(3)18-10-20-16/h5-7,10,12H,8-9,17H2,1-4H3. The van der Waals surface area contributed by atoms with Gasteiger partial charge in [-0.15, -0.1) is 11.3 Å². The van der Waals surface area contributed by atoms with Crippen molar-refractivity contribution in [3.05, 3.63) is 45.4 Å². The van der Waals surface area contributed by atoms with Crippen molar-refractivity contribution in [2.45, 2.75) is 39.8 Å². The minimum Gasteiger partial charge on any atom is -0.369 e. The van der Waals surface area contributed by atoms with Crippen LogP contribution < -0.4 is 10.6 Å². The van der Waals surface area contributed by atoms with Gasteiger partial charge >= 0.3 is 0 Å². The molecule has 1 aromatic carbocycles. The molecule has 0 aliphatic heterocycles. The van der Waals surface area contributed by atoms with Gasteiger partial charge < -0.3 is 10.6 Å². The topological polar surface area (TPSA) is 42.2 Å². The minimum atomic E-state index is 0.175. The zero-order valence-electron chi connectivity index (χ0n) is 12.7.